The lowest BCUT2D eigenvalue weighted by Gasteiger charge is -2.35. The third-order valence-corrected chi connectivity index (χ3v) is 7.16. The number of rotatable bonds is 4. The van der Waals surface area contributed by atoms with Gasteiger partial charge < -0.3 is 0 Å². The van der Waals surface area contributed by atoms with E-state index in [2.05, 4.69) is 15.9 Å². The second-order valence-corrected chi connectivity index (χ2v) is 8.65. The molecule has 3 nitrogen and oxygen atoms in total. The van der Waals surface area contributed by atoms with Crippen LogP contribution in [0, 0.1) is 5.92 Å². The van der Waals surface area contributed by atoms with E-state index in [-0.39, 0.29) is 5.25 Å². The fraction of sp³-hybridized carbons (Fsp3) is 1.00. The Morgan fingerprint density at radius 3 is 2.44 bits per heavy atom. The number of alkyl halides is 1. The molecule has 2 fully saturated rings. The molecule has 2 aliphatic rings. The zero-order valence-electron chi connectivity index (χ0n) is 11.0. The first-order valence-electron chi connectivity index (χ1n) is 7.19. The van der Waals surface area contributed by atoms with Crippen LogP contribution in [0.1, 0.15) is 51.4 Å². The fourth-order valence-corrected chi connectivity index (χ4v) is 6.02. The first-order chi connectivity index (χ1) is 8.64. The highest BCUT2D eigenvalue weighted by Gasteiger charge is 2.35. The topological polar surface area (TPSA) is 37.4 Å². The van der Waals surface area contributed by atoms with Crippen LogP contribution in [0.4, 0.5) is 0 Å². The van der Waals surface area contributed by atoms with E-state index in [4.69, 9.17) is 0 Å². The van der Waals surface area contributed by atoms with Gasteiger partial charge in [-0.05, 0) is 38.0 Å². The Morgan fingerprint density at radius 1 is 1.06 bits per heavy atom. The smallest absolute Gasteiger partial charge is 0.212 e. The van der Waals surface area contributed by atoms with Crippen molar-refractivity contribution in [3.63, 3.8) is 0 Å². The van der Waals surface area contributed by atoms with E-state index in [9.17, 15) is 8.42 Å². The Balaban J connectivity index is 1.99. The molecule has 0 aromatic carbocycles. The van der Waals surface area contributed by atoms with Crippen molar-refractivity contribution in [2.45, 2.75) is 56.6 Å². The van der Waals surface area contributed by atoms with E-state index >= 15 is 0 Å². The molecule has 2 rings (SSSR count). The van der Waals surface area contributed by atoms with Gasteiger partial charge in [0.05, 0.1) is 5.25 Å². The van der Waals surface area contributed by atoms with Gasteiger partial charge >= 0.3 is 0 Å². The number of sulfonamides is 1. The van der Waals surface area contributed by atoms with Crippen LogP contribution in [0.15, 0.2) is 0 Å². The fourth-order valence-electron chi connectivity index (χ4n) is 3.22. The summed E-state index contributed by atoms with van der Waals surface area (Å²) >= 11 is 3.46. The molecule has 5 heteroatoms. The van der Waals surface area contributed by atoms with E-state index in [1.807, 2.05) is 0 Å². The van der Waals surface area contributed by atoms with Gasteiger partial charge in [0.2, 0.25) is 10.0 Å². The maximum absolute atomic E-state index is 12.6. The quantitative estimate of drug-likeness (QED) is 0.739. The highest BCUT2D eigenvalue weighted by molar-refractivity contribution is 9.09. The number of hydrogen-bond acceptors (Lipinski definition) is 2. The summed E-state index contributed by atoms with van der Waals surface area (Å²) in [6, 6.07) is 0. The SMILES string of the molecule is O=S(=O)(C1CCCCC1)N1CCCC(CCBr)C1. The van der Waals surface area contributed by atoms with E-state index in [1.165, 1.54) is 12.8 Å². The number of halogens is 1. The van der Waals surface area contributed by atoms with Crippen molar-refractivity contribution in [1.82, 2.24) is 4.31 Å². The monoisotopic (exact) mass is 337 g/mol. The van der Waals surface area contributed by atoms with Gasteiger partial charge in [0.25, 0.3) is 0 Å². The van der Waals surface area contributed by atoms with Gasteiger partial charge in [-0.25, -0.2) is 12.7 Å². The van der Waals surface area contributed by atoms with Crippen molar-refractivity contribution >= 4 is 26.0 Å². The van der Waals surface area contributed by atoms with E-state index in [1.54, 1.807) is 4.31 Å². The van der Waals surface area contributed by atoms with E-state index in [0.29, 0.717) is 5.92 Å². The molecule has 1 heterocycles. The van der Waals surface area contributed by atoms with Gasteiger partial charge in [-0.15, -0.1) is 0 Å². The van der Waals surface area contributed by atoms with Crippen LogP contribution in [-0.4, -0.2) is 36.4 Å². The Hall–Kier alpha value is 0.390. The molecule has 0 aromatic heterocycles. The summed E-state index contributed by atoms with van der Waals surface area (Å²) in [6.07, 6.45) is 8.44. The number of piperidine rings is 1. The van der Waals surface area contributed by atoms with Crippen molar-refractivity contribution in [2.24, 2.45) is 5.92 Å². The normalized spacial score (nSPS) is 28.4. The second-order valence-electron chi connectivity index (χ2n) is 5.65. The summed E-state index contributed by atoms with van der Waals surface area (Å²) in [5.41, 5.74) is 0. The van der Waals surface area contributed by atoms with Crippen molar-refractivity contribution in [1.29, 1.82) is 0 Å². The van der Waals surface area contributed by atoms with Crippen molar-refractivity contribution in [3.8, 4) is 0 Å². The summed E-state index contributed by atoms with van der Waals surface area (Å²) in [5, 5.41) is 0.892. The van der Waals surface area contributed by atoms with Gasteiger partial charge in [-0.2, -0.15) is 0 Å². The minimum absolute atomic E-state index is 0.0889. The van der Waals surface area contributed by atoms with Crippen LogP contribution in [0.2, 0.25) is 0 Å². The Kier molecular flexibility index (Phi) is 5.51. The predicted octanol–water partition coefficient (Wildman–Crippen LogP) is 3.15. The van der Waals surface area contributed by atoms with Gasteiger partial charge in [0, 0.05) is 18.4 Å². The van der Waals surface area contributed by atoms with Crippen LogP contribution in [-0.2, 0) is 10.0 Å². The summed E-state index contributed by atoms with van der Waals surface area (Å²) in [6.45, 7) is 1.50. The molecular formula is C13H24BrNO2S. The van der Waals surface area contributed by atoms with Crippen LogP contribution >= 0.6 is 15.9 Å². The molecule has 0 bridgehead atoms. The second kappa shape index (κ2) is 6.71. The molecular weight excluding hydrogens is 314 g/mol. The summed E-state index contributed by atoms with van der Waals surface area (Å²) in [7, 11) is -3.02. The molecule has 106 valence electrons. The lowest BCUT2D eigenvalue weighted by Crippen LogP contribution is -2.45. The van der Waals surface area contributed by atoms with Crippen LogP contribution < -0.4 is 0 Å². The molecule has 0 amide bonds. The lowest BCUT2D eigenvalue weighted by molar-refractivity contribution is 0.258. The average Bonchev–Trinajstić information content (AvgIpc) is 2.40. The largest absolute Gasteiger partial charge is 0.216 e. The molecule has 1 saturated heterocycles. The standard InChI is InChI=1S/C13H24BrNO2S/c14-9-8-12-5-4-10-15(11-12)18(16,17)13-6-2-1-3-7-13/h12-13H,1-11H2. The van der Waals surface area contributed by atoms with Crippen molar-refractivity contribution in [3.05, 3.63) is 0 Å². The maximum atomic E-state index is 12.6. The summed E-state index contributed by atoms with van der Waals surface area (Å²) in [5.74, 6) is 0.552. The number of hydrogen-bond donors (Lipinski definition) is 0. The zero-order valence-corrected chi connectivity index (χ0v) is 13.4. The van der Waals surface area contributed by atoms with Gasteiger partial charge in [0.1, 0.15) is 0 Å². The lowest BCUT2D eigenvalue weighted by atomic mass is 9.97. The van der Waals surface area contributed by atoms with Gasteiger partial charge in [-0.3, -0.25) is 0 Å². The molecule has 1 aliphatic heterocycles. The Labute approximate surface area is 119 Å². The minimum Gasteiger partial charge on any atom is -0.212 e. The zero-order chi connectivity index (χ0) is 13.0. The summed E-state index contributed by atoms with van der Waals surface area (Å²) < 4.78 is 27.0. The molecule has 1 aliphatic carbocycles. The van der Waals surface area contributed by atoms with E-state index < -0.39 is 10.0 Å². The van der Waals surface area contributed by atoms with Crippen LogP contribution in [0.3, 0.4) is 0 Å². The van der Waals surface area contributed by atoms with Crippen molar-refractivity contribution < 1.29 is 8.42 Å². The van der Waals surface area contributed by atoms with Crippen LogP contribution in [0.25, 0.3) is 0 Å². The Morgan fingerprint density at radius 2 is 1.78 bits per heavy atom. The number of nitrogens with zero attached hydrogens (tertiary/aromatic N) is 1. The first-order valence-corrected chi connectivity index (χ1v) is 9.82. The molecule has 18 heavy (non-hydrogen) atoms. The molecule has 1 unspecified atom stereocenters. The minimum atomic E-state index is -3.02. The molecule has 0 radical (unpaired) electrons. The molecule has 0 N–H and O–H groups in total. The van der Waals surface area contributed by atoms with Gasteiger partial charge in [0.15, 0.2) is 0 Å². The third-order valence-electron chi connectivity index (χ3n) is 4.33. The summed E-state index contributed by atoms with van der Waals surface area (Å²) in [4.78, 5) is 0. The van der Waals surface area contributed by atoms with Crippen LogP contribution in [0.5, 0.6) is 0 Å². The Bertz CT molecular complexity index is 350. The first kappa shape index (κ1) is 14.8. The third kappa shape index (κ3) is 3.48. The van der Waals surface area contributed by atoms with Crippen molar-refractivity contribution in [2.75, 3.05) is 18.4 Å². The molecule has 0 spiro atoms. The predicted molar refractivity (Wildman–Crippen MR) is 78.5 cm³/mol. The molecule has 1 atom stereocenters. The highest BCUT2D eigenvalue weighted by Crippen LogP contribution is 2.29. The molecule has 0 aromatic rings. The average molecular weight is 338 g/mol. The highest BCUT2D eigenvalue weighted by atomic mass is 79.9. The van der Waals surface area contributed by atoms with Gasteiger partial charge in [-0.1, -0.05) is 35.2 Å². The molecule has 1 saturated carbocycles. The maximum Gasteiger partial charge on any atom is 0.216 e. The van der Waals surface area contributed by atoms with E-state index in [0.717, 1.165) is 56.9 Å².